The summed E-state index contributed by atoms with van der Waals surface area (Å²) in [5.41, 5.74) is 1.45. The molecule has 0 saturated carbocycles. The van der Waals surface area contributed by atoms with E-state index in [0.717, 1.165) is 10.0 Å². The van der Waals surface area contributed by atoms with Crippen LogP contribution in [0.1, 0.15) is 11.1 Å². The molecule has 0 atom stereocenters. The van der Waals surface area contributed by atoms with Crippen LogP contribution >= 0.6 is 15.9 Å². The third-order valence-electron chi connectivity index (χ3n) is 2.48. The van der Waals surface area contributed by atoms with Crippen molar-refractivity contribution in [3.8, 4) is 5.75 Å². The number of halogens is 2. The zero-order valence-electron chi connectivity index (χ0n) is 9.57. The highest BCUT2D eigenvalue weighted by molar-refractivity contribution is 9.10. The maximum absolute atomic E-state index is 13.0. The Labute approximate surface area is 113 Å². The summed E-state index contributed by atoms with van der Waals surface area (Å²) < 4.78 is 19.5. The molecule has 0 spiro atoms. The lowest BCUT2D eigenvalue weighted by Gasteiger charge is -2.10. The topological polar surface area (TPSA) is 29.5 Å². The number of hydrogen-bond acceptors (Lipinski definition) is 2. The summed E-state index contributed by atoms with van der Waals surface area (Å²) in [7, 11) is 0. The standard InChI is InChI=1S/C14H12BrFO2/c15-12-3-1-2-10(6-12)9-18-14-5-4-13(16)7-11(14)8-17/h1-7,17H,8-9H2. The van der Waals surface area contributed by atoms with Crippen LogP contribution in [0, 0.1) is 5.82 Å². The first-order chi connectivity index (χ1) is 8.69. The van der Waals surface area contributed by atoms with E-state index in [1.807, 2.05) is 24.3 Å². The molecule has 0 aliphatic rings. The summed E-state index contributed by atoms with van der Waals surface area (Å²) in [4.78, 5) is 0. The van der Waals surface area contributed by atoms with E-state index in [2.05, 4.69) is 15.9 Å². The Balaban J connectivity index is 2.10. The second-order valence-corrected chi connectivity index (χ2v) is 4.74. The van der Waals surface area contributed by atoms with Gasteiger partial charge in [0.05, 0.1) is 6.61 Å². The fraction of sp³-hybridized carbons (Fsp3) is 0.143. The Morgan fingerprint density at radius 1 is 1.17 bits per heavy atom. The molecule has 1 N–H and O–H groups in total. The molecule has 94 valence electrons. The van der Waals surface area contributed by atoms with Gasteiger partial charge in [0.1, 0.15) is 18.2 Å². The van der Waals surface area contributed by atoms with E-state index in [0.29, 0.717) is 17.9 Å². The smallest absolute Gasteiger partial charge is 0.125 e. The molecule has 4 heteroatoms. The largest absolute Gasteiger partial charge is 0.489 e. The van der Waals surface area contributed by atoms with Crippen molar-refractivity contribution in [2.45, 2.75) is 13.2 Å². The molecule has 2 rings (SSSR count). The van der Waals surface area contributed by atoms with Gasteiger partial charge in [0.25, 0.3) is 0 Å². The van der Waals surface area contributed by atoms with Gasteiger partial charge < -0.3 is 9.84 Å². The second-order valence-electron chi connectivity index (χ2n) is 3.83. The molecule has 0 fully saturated rings. The van der Waals surface area contributed by atoms with Gasteiger partial charge in [0.15, 0.2) is 0 Å². The highest BCUT2D eigenvalue weighted by Crippen LogP contribution is 2.21. The summed E-state index contributed by atoms with van der Waals surface area (Å²) in [5, 5.41) is 9.13. The van der Waals surface area contributed by atoms with E-state index in [4.69, 9.17) is 9.84 Å². The van der Waals surface area contributed by atoms with Gasteiger partial charge in [-0.15, -0.1) is 0 Å². The van der Waals surface area contributed by atoms with Gasteiger partial charge >= 0.3 is 0 Å². The van der Waals surface area contributed by atoms with Crippen LogP contribution in [-0.4, -0.2) is 5.11 Å². The summed E-state index contributed by atoms with van der Waals surface area (Å²) in [6.07, 6.45) is 0. The van der Waals surface area contributed by atoms with Crippen LogP contribution in [0.2, 0.25) is 0 Å². The highest BCUT2D eigenvalue weighted by Gasteiger charge is 2.05. The first-order valence-electron chi connectivity index (χ1n) is 5.45. The molecule has 0 saturated heterocycles. The zero-order chi connectivity index (χ0) is 13.0. The lowest BCUT2D eigenvalue weighted by atomic mass is 10.2. The van der Waals surface area contributed by atoms with Crippen molar-refractivity contribution in [3.63, 3.8) is 0 Å². The van der Waals surface area contributed by atoms with Crippen LogP contribution in [0.3, 0.4) is 0 Å². The van der Waals surface area contributed by atoms with E-state index in [1.165, 1.54) is 18.2 Å². The molecule has 18 heavy (non-hydrogen) atoms. The third kappa shape index (κ3) is 3.31. The average molecular weight is 311 g/mol. The number of aliphatic hydroxyl groups excluding tert-OH is 1. The quantitative estimate of drug-likeness (QED) is 0.934. The van der Waals surface area contributed by atoms with Crippen LogP contribution in [0.25, 0.3) is 0 Å². The van der Waals surface area contributed by atoms with E-state index in [1.54, 1.807) is 0 Å². The van der Waals surface area contributed by atoms with Crippen molar-refractivity contribution >= 4 is 15.9 Å². The normalized spacial score (nSPS) is 10.4. The van der Waals surface area contributed by atoms with E-state index in [-0.39, 0.29) is 12.4 Å². The SMILES string of the molecule is OCc1cc(F)ccc1OCc1cccc(Br)c1. The first kappa shape index (κ1) is 13.1. The van der Waals surface area contributed by atoms with Crippen molar-refractivity contribution in [1.82, 2.24) is 0 Å². The van der Waals surface area contributed by atoms with Crippen LogP contribution in [0.15, 0.2) is 46.9 Å². The van der Waals surface area contributed by atoms with Crippen molar-refractivity contribution < 1.29 is 14.2 Å². The second kappa shape index (κ2) is 5.98. The minimum Gasteiger partial charge on any atom is -0.489 e. The fourth-order valence-electron chi connectivity index (χ4n) is 1.60. The lowest BCUT2D eigenvalue weighted by Crippen LogP contribution is -1.99. The fourth-order valence-corrected chi connectivity index (χ4v) is 2.05. The number of rotatable bonds is 4. The van der Waals surface area contributed by atoms with Gasteiger partial charge in [-0.2, -0.15) is 0 Å². The van der Waals surface area contributed by atoms with Gasteiger partial charge in [0, 0.05) is 10.0 Å². The van der Waals surface area contributed by atoms with E-state index < -0.39 is 0 Å². The van der Waals surface area contributed by atoms with Gasteiger partial charge in [0.2, 0.25) is 0 Å². The molecular formula is C14H12BrFO2. The molecule has 0 amide bonds. The molecule has 0 aromatic heterocycles. The molecule has 2 nitrogen and oxygen atoms in total. The van der Waals surface area contributed by atoms with Gasteiger partial charge in [-0.05, 0) is 35.9 Å². The third-order valence-corrected chi connectivity index (χ3v) is 2.97. The minimum absolute atomic E-state index is 0.244. The van der Waals surface area contributed by atoms with Crippen molar-refractivity contribution in [1.29, 1.82) is 0 Å². The van der Waals surface area contributed by atoms with Crippen LogP contribution in [0.4, 0.5) is 4.39 Å². The predicted molar refractivity (Wildman–Crippen MR) is 70.8 cm³/mol. The molecule has 2 aromatic rings. The molecule has 0 aliphatic carbocycles. The highest BCUT2D eigenvalue weighted by atomic mass is 79.9. The lowest BCUT2D eigenvalue weighted by molar-refractivity contribution is 0.258. The summed E-state index contributed by atoms with van der Waals surface area (Å²) >= 11 is 3.38. The van der Waals surface area contributed by atoms with Gasteiger partial charge in [-0.3, -0.25) is 0 Å². The maximum atomic E-state index is 13.0. The Bertz CT molecular complexity index is 543. The molecule has 0 bridgehead atoms. The Hall–Kier alpha value is -1.39. The summed E-state index contributed by atoms with van der Waals surface area (Å²) in [6, 6.07) is 11.8. The number of hydrogen-bond donors (Lipinski definition) is 1. The van der Waals surface area contributed by atoms with Gasteiger partial charge in [-0.1, -0.05) is 28.1 Å². The summed E-state index contributed by atoms with van der Waals surface area (Å²) in [5.74, 6) is 0.118. The molecule has 0 heterocycles. The average Bonchev–Trinajstić information content (AvgIpc) is 2.37. The molecule has 0 aliphatic heterocycles. The van der Waals surface area contributed by atoms with Crippen molar-refractivity contribution in [2.75, 3.05) is 0 Å². The minimum atomic E-state index is -0.381. The molecule has 2 aromatic carbocycles. The molecular weight excluding hydrogens is 299 g/mol. The van der Waals surface area contributed by atoms with E-state index >= 15 is 0 Å². The van der Waals surface area contributed by atoms with Crippen molar-refractivity contribution in [3.05, 3.63) is 63.9 Å². The van der Waals surface area contributed by atoms with Crippen LogP contribution < -0.4 is 4.74 Å². The Morgan fingerprint density at radius 2 is 2.00 bits per heavy atom. The van der Waals surface area contributed by atoms with Gasteiger partial charge in [-0.25, -0.2) is 4.39 Å². The van der Waals surface area contributed by atoms with E-state index in [9.17, 15) is 4.39 Å². The monoisotopic (exact) mass is 310 g/mol. The number of ether oxygens (including phenoxy) is 1. The summed E-state index contributed by atoms with van der Waals surface area (Å²) in [6.45, 7) is 0.129. The van der Waals surface area contributed by atoms with Crippen LogP contribution in [-0.2, 0) is 13.2 Å². The molecule has 0 radical (unpaired) electrons. The number of aliphatic hydroxyl groups is 1. The predicted octanol–water partition coefficient (Wildman–Crippen LogP) is 3.66. The molecule has 0 unspecified atom stereocenters. The first-order valence-corrected chi connectivity index (χ1v) is 6.25. The maximum Gasteiger partial charge on any atom is 0.125 e. The Morgan fingerprint density at radius 3 is 2.72 bits per heavy atom. The number of benzene rings is 2. The Kier molecular flexibility index (Phi) is 4.33. The van der Waals surface area contributed by atoms with Crippen molar-refractivity contribution in [2.24, 2.45) is 0 Å². The van der Waals surface area contributed by atoms with Crippen LogP contribution in [0.5, 0.6) is 5.75 Å². The zero-order valence-corrected chi connectivity index (χ0v) is 11.2.